The molecule has 0 heterocycles. The van der Waals surface area contributed by atoms with Crippen LogP contribution in [-0.2, 0) is 14.4 Å². The molecule has 3 N–H and O–H groups in total. The maximum atomic E-state index is 11.5. The van der Waals surface area contributed by atoms with Crippen molar-refractivity contribution in [3.05, 3.63) is 30.3 Å². The molecule has 7 heteroatoms. The molecule has 0 aliphatic carbocycles. The number of ether oxygens (including phenoxy) is 1. The Morgan fingerprint density at radius 1 is 0.955 bits per heavy atom. The summed E-state index contributed by atoms with van der Waals surface area (Å²) in [6.45, 7) is 2.14. The lowest BCUT2D eigenvalue weighted by atomic mass is 10.3. The molecule has 1 aromatic carbocycles. The van der Waals surface area contributed by atoms with Crippen molar-refractivity contribution in [1.29, 1.82) is 0 Å². The van der Waals surface area contributed by atoms with E-state index in [1.54, 1.807) is 12.1 Å². The van der Waals surface area contributed by atoms with E-state index in [1.807, 2.05) is 18.2 Å². The lowest BCUT2D eigenvalue weighted by Crippen LogP contribution is -2.39. The fourth-order valence-electron chi connectivity index (χ4n) is 1.54. The Morgan fingerprint density at radius 3 is 2.32 bits per heavy atom. The summed E-state index contributed by atoms with van der Waals surface area (Å²) in [6.07, 6.45) is 0.635. The van der Waals surface area contributed by atoms with Crippen molar-refractivity contribution in [2.24, 2.45) is 0 Å². The fourth-order valence-corrected chi connectivity index (χ4v) is 1.54. The first-order valence-corrected chi connectivity index (χ1v) is 7.03. The third-order valence-corrected chi connectivity index (χ3v) is 2.61. The van der Waals surface area contributed by atoms with Crippen LogP contribution in [0, 0.1) is 0 Å². The normalized spacial score (nSPS) is 9.68. The van der Waals surface area contributed by atoms with E-state index in [0.717, 1.165) is 0 Å². The van der Waals surface area contributed by atoms with Crippen LogP contribution >= 0.6 is 0 Å². The highest BCUT2D eigenvalue weighted by molar-refractivity contribution is 5.85. The molecule has 7 nitrogen and oxygen atoms in total. The van der Waals surface area contributed by atoms with Crippen LogP contribution in [0.4, 0.5) is 0 Å². The molecule has 1 aromatic rings. The Kier molecular flexibility index (Phi) is 8.10. The van der Waals surface area contributed by atoms with Crippen molar-refractivity contribution < 1.29 is 19.1 Å². The Morgan fingerprint density at radius 2 is 1.64 bits per heavy atom. The Labute approximate surface area is 129 Å². The molecule has 1 rings (SSSR count). The third-order valence-electron chi connectivity index (χ3n) is 2.61. The van der Waals surface area contributed by atoms with Gasteiger partial charge in [0.05, 0.1) is 6.54 Å². The van der Waals surface area contributed by atoms with Crippen LogP contribution < -0.4 is 20.7 Å². The van der Waals surface area contributed by atoms with Gasteiger partial charge in [0.15, 0.2) is 6.61 Å². The molecule has 0 bridgehead atoms. The van der Waals surface area contributed by atoms with Crippen LogP contribution in [0.25, 0.3) is 0 Å². The van der Waals surface area contributed by atoms with Gasteiger partial charge in [0.25, 0.3) is 5.91 Å². The first-order chi connectivity index (χ1) is 10.6. The second kappa shape index (κ2) is 10.2. The molecule has 0 saturated carbocycles. The minimum atomic E-state index is -0.364. The first kappa shape index (κ1) is 17.5. The Bertz CT molecular complexity index is 491. The van der Waals surface area contributed by atoms with Crippen LogP contribution in [0.3, 0.4) is 0 Å². The molecule has 0 radical (unpaired) electrons. The van der Waals surface area contributed by atoms with Gasteiger partial charge in [-0.3, -0.25) is 14.4 Å². The molecule has 0 saturated heterocycles. The van der Waals surface area contributed by atoms with Crippen molar-refractivity contribution in [2.75, 3.05) is 26.2 Å². The number of rotatable bonds is 9. The van der Waals surface area contributed by atoms with E-state index < -0.39 is 0 Å². The number of nitrogens with one attached hydrogen (secondary N) is 3. The summed E-state index contributed by atoms with van der Waals surface area (Å²) in [7, 11) is 0. The van der Waals surface area contributed by atoms with Crippen molar-refractivity contribution in [2.45, 2.75) is 13.3 Å². The highest BCUT2D eigenvalue weighted by Crippen LogP contribution is 2.07. The minimum Gasteiger partial charge on any atom is -0.484 e. The van der Waals surface area contributed by atoms with E-state index in [0.29, 0.717) is 25.3 Å². The van der Waals surface area contributed by atoms with Crippen molar-refractivity contribution in [3.8, 4) is 5.75 Å². The molecule has 0 fully saturated rings. The Hall–Kier alpha value is -2.57. The summed E-state index contributed by atoms with van der Waals surface area (Å²) in [5.74, 6) is -0.148. The van der Waals surface area contributed by atoms with Crippen molar-refractivity contribution in [1.82, 2.24) is 16.0 Å². The second-order valence-corrected chi connectivity index (χ2v) is 4.56. The maximum absolute atomic E-state index is 11.5. The van der Waals surface area contributed by atoms with E-state index in [4.69, 9.17) is 4.74 Å². The number of benzene rings is 1. The van der Waals surface area contributed by atoms with Crippen LogP contribution in [0.1, 0.15) is 13.3 Å². The fraction of sp³-hybridized carbons (Fsp3) is 0.400. The monoisotopic (exact) mass is 307 g/mol. The predicted octanol–water partition coefficient (Wildman–Crippen LogP) is -0.176. The van der Waals surface area contributed by atoms with E-state index in [1.165, 1.54) is 6.92 Å². The zero-order valence-electron chi connectivity index (χ0n) is 12.6. The molecule has 0 unspecified atom stereocenters. The molecule has 0 atom stereocenters. The summed E-state index contributed by atoms with van der Waals surface area (Å²) in [6, 6.07) is 8.95. The SMILES string of the molecule is CC(=O)NCCCNC(=O)CNC(=O)COc1ccccc1. The van der Waals surface area contributed by atoms with E-state index in [2.05, 4.69) is 16.0 Å². The van der Waals surface area contributed by atoms with Crippen LogP contribution in [0.5, 0.6) is 5.75 Å². The average molecular weight is 307 g/mol. The molecule has 3 amide bonds. The maximum Gasteiger partial charge on any atom is 0.258 e. The molecule has 0 aliphatic rings. The lowest BCUT2D eigenvalue weighted by molar-refractivity contribution is -0.127. The number of carbonyl (C=O) groups is 3. The van der Waals surface area contributed by atoms with Gasteiger partial charge in [-0.25, -0.2) is 0 Å². The molecule has 0 aliphatic heterocycles. The average Bonchev–Trinajstić information content (AvgIpc) is 2.51. The highest BCUT2D eigenvalue weighted by Gasteiger charge is 2.05. The topological polar surface area (TPSA) is 96.5 Å². The first-order valence-electron chi connectivity index (χ1n) is 7.03. The van der Waals surface area contributed by atoms with Crippen LogP contribution in [0.15, 0.2) is 30.3 Å². The third kappa shape index (κ3) is 8.57. The molecular weight excluding hydrogens is 286 g/mol. The van der Waals surface area contributed by atoms with Gasteiger partial charge in [-0.15, -0.1) is 0 Å². The predicted molar refractivity (Wildman–Crippen MR) is 81.3 cm³/mol. The number of hydrogen-bond donors (Lipinski definition) is 3. The highest BCUT2D eigenvalue weighted by atomic mass is 16.5. The van der Waals surface area contributed by atoms with Gasteiger partial charge >= 0.3 is 0 Å². The van der Waals surface area contributed by atoms with Gasteiger partial charge in [-0.1, -0.05) is 18.2 Å². The molecule has 0 spiro atoms. The van der Waals surface area contributed by atoms with E-state index in [-0.39, 0.29) is 30.9 Å². The summed E-state index contributed by atoms with van der Waals surface area (Å²) < 4.78 is 5.25. The quantitative estimate of drug-likeness (QED) is 0.552. The molecule has 22 heavy (non-hydrogen) atoms. The van der Waals surface area contributed by atoms with Crippen molar-refractivity contribution in [3.63, 3.8) is 0 Å². The van der Waals surface area contributed by atoms with Gasteiger partial charge in [0, 0.05) is 20.0 Å². The largest absolute Gasteiger partial charge is 0.484 e. The van der Waals surface area contributed by atoms with Gasteiger partial charge in [-0.2, -0.15) is 0 Å². The minimum absolute atomic E-state index is 0.1000. The zero-order chi connectivity index (χ0) is 16.2. The lowest BCUT2D eigenvalue weighted by Gasteiger charge is -2.08. The molecule has 0 aromatic heterocycles. The smallest absolute Gasteiger partial charge is 0.258 e. The number of hydrogen-bond acceptors (Lipinski definition) is 4. The summed E-state index contributed by atoms with van der Waals surface area (Å²) >= 11 is 0. The van der Waals surface area contributed by atoms with Gasteiger partial charge < -0.3 is 20.7 Å². The molecule has 120 valence electrons. The Balaban J connectivity index is 2.05. The van der Waals surface area contributed by atoms with Crippen molar-refractivity contribution >= 4 is 17.7 Å². The van der Waals surface area contributed by atoms with Crippen LogP contribution in [-0.4, -0.2) is 44.0 Å². The summed E-state index contributed by atoms with van der Waals surface area (Å²) in [5.41, 5.74) is 0. The van der Waals surface area contributed by atoms with E-state index in [9.17, 15) is 14.4 Å². The standard InChI is InChI=1S/C15H21N3O4/c1-12(19)16-8-5-9-17-14(20)10-18-15(21)11-22-13-6-3-2-4-7-13/h2-4,6-7H,5,8-11H2,1H3,(H,16,19)(H,17,20)(H,18,21). The zero-order valence-corrected chi connectivity index (χ0v) is 12.6. The molecular formula is C15H21N3O4. The number of para-hydroxylation sites is 1. The van der Waals surface area contributed by atoms with Gasteiger partial charge in [-0.05, 0) is 18.6 Å². The summed E-state index contributed by atoms with van der Waals surface area (Å²) in [5, 5.41) is 7.73. The number of amides is 3. The van der Waals surface area contributed by atoms with E-state index >= 15 is 0 Å². The van der Waals surface area contributed by atoms with Crippen LogP contribution in [0.2, 0.25) is 0 Å². The summed E-state index contributed by atoms with van der Waals surface area (Å²) in [4.78, 5) is 33.6. The second-order valence-electron chi connectivity index (χ2n) is 4.56. The van der Waals surface area contributed by atoms with Gasteiger partial charge in [0.1, 0.15) is 5.75 Å². The number of carbonyl (C=O) groups excluding carboxylic acids is 3. The van der Waals surface area contributed by atoms with Gasteiger partial charge in [0.2, 0.25) is 11.8 Å².